The second-order valence-electron chi connectivity index (χ2n) is 5.85. The Hall–Kier alpha value is -2.41. The van der Waals surface area contributed by atoms with Crippen molar-refractivity contribution in [2.75, 3.05) is 6.54 Å². The van der Waals surface area contributed by atoms with E-state index in [1.807, 2.05) is 44.2 Å². The van der Waals surface area contributed by atoms with Crippen LogP contribution in [0.4, 0.5) is 4.79 Å². The SMILES string of the molecule is CCC(C)C(O)CNC(=O)NC(C)c1noc(-c2ccccc2)n1. The summed E-state index contributed by atoms with van der Waals surface area (Å²) in [5.41, 5.74) is 0.824. The lowest BCUT2D eigenvalue weighted by Crippen LogP contribution is -2.42. The number of carbonyl (C=O) groups excluding carboxylic acids is 1. The Morgan fingerprint density at radius 2 is 2.00 bits per heavy atom. The standard InChI is InChI=1S/C17H24N4O3/c1-4-11(2)14(22)10-18-17(23)19-12(3)15-20-16(24-21-15)13-8-6-5-7-9-13/h5-9,11-12,14,22H,4,10H2,1-3H3,(H2,18,19,23). The Bertz CT molecular complexity index is 644. The maximum Gasteiger partial charge on any atom is 0.315 e. The molecule has 2 aromatic rings. The average molecular weight is 332 g/mol. The first-order chi connectivity index (χ1) is 11.5. The van der Waals surface area contributed by atoms with Crippen molar-refractivity contribution in [1.82, 2.24) is 20.8 Å². The van der Waals surface area contributed by atoms with Crippen molar-refractivity contribution in [3.05, 3.63) is 36.2 Å². The van der Waals surface area contributed by atoms with E-state index in [9.17, 15) is 9.90 Å². The normalized spacial score (nSPS) is 14.7. The van der Waals surface area contributed by atoms with Crippen LogP contribution in [0.25, 0.3) is 11.5 Å². The summed E-state index contributed by atoms with van der Waals surface area (Å²) >= 11 is 0. The zero-order valence-corrected chi connectivity index (χ0v) is 14.2. The highest BCUT2D eigenvalue weighted by Crippen LogP contribution is 2.18. The fourth-order valence-corrected chi connectivity index (χ4v) is 2.09. The Morgan fingerprint density at radius 3 is 2.67 bits per heavy atom. The van der Waals surface area contributed by atoms with Crippen LogP contribution in [0.15, 0.2) is 34.9 Å². The molecule has 0 aliphatic heterocycles. The molecule has 0 saturated heterocycles. The van der Waals surface area contributed by atoms with Crippen molar-refractivity contribution in [3.8, 4) is 11.5 Å². The van der Waals surface area contributed by atoms with Gasteiger partial charge in [-0.3, -0.25) is 0 Å². The van der Waals surface area contributed by atoms with E-state index in [0.717, 1.165) is 12.0 Å². The Labute approximate surface area is 141 Å². The van der Waals surface area contributed by atoms with E-state index in [0.29, 0.717) is 11.7 Å². The molecule has 7 heteroatoms. The highest BCUT2D eigenvalue weighted by molar-refractivity contribution is 5.74. The number of benzene rings is 1. The van der Waals surface area contributed by atoms with Crippen molar-refractivity contribution in [2.24, 2.45) is 5.92 Å². The first kappa shape index (κ1) is 17.9. The third-order valence-electron chi connectivity index (χ3n) is 3.97. The van der Waals surface area contributed by atoms with Crippen LogP contribution in [0.3, 0.4) is 0 Å². The molecule has 0 bridgehead atoms. The predicted molar refractivity (Wildman–Crippen MR) is 90.1 cm³/mol. The summed E-state index contributed by atoms with van der Waals surface area (Å²) in [6, 6.07) is 8.64. The van der Waals surface area contributed by atoms with Crippen LogP contribution in [0.2, 0.25) is 0 Å². The molecule has 1 heterocycles. The number of nitrogens with zero attached hydrogens (tertiary/aromatic N) is 2. The minimum Gasteiger partial charge on any atom is -0.391 e. The number of carbonyl (C=O) groups is 1. The van der Waals surface area contributed by atoms with Crippen LogP contribution in [0.1, 0.15) is 39.1 Å². The second kappa shape index (κ2) is 8.44. The van der Waals surface area contributed by atoms with Gasteiger partial charge in [0.25, 0.3) is 5.89 Å². The smallest absolute Gasteiger partial charge is 0.315 e. The van der Waals surface area contributed by atoms with Gasteiger partial charge in [-0.2, -0.15) is 4.98 Å². The number of urea groups is 1. The lowest BCUT2D eigenvalue weighted by molar-refractivity contribution is 0.114. The number of nitrogens with one attached hydrogen (secondary N) is 2. The molecule has 3 atom stereocenters. The highest BCUT2D eigenvalue weighted by atomic mass is 16.5. The van der Waals surface area contributed by atoms with Crippen molar-refractivity contribution in [2.45, 2.75) is 39.3 Å². The molecular weight excluding hydrogens is 308 g/mol. The molecule has 7 nitrogen and oxygen atoms in total. The Kier molecular flexibility index (Phi) is 6.31. The summed E-state index contributed by atoms with van der Waals surface area (Å²) in [4.78, 5) is 16.2. The summed E-state index contributed by atoms with van der Waals surface area (Å²) in [6.45, 7) is 5.91. The van der Waals surface area contributed by atoms with E-state index in [2.05, 4.69) is 20.8 Å². The molecule has 130 valence electrons. The third kappa shape index (κ3) is 4.79. The minimum absolute atomic E-state index is 0.133. The number of aliphatic hydroxyl groups excluding tert-OH is 1. The van der Waals surface area contributed by atoms with Gasteiger partial charge in [0, 0.05) is 12.1 Å². The van der Waals surface area contributed by atoms with Crippen LogP contribution in [0.5, 0.6) is 0 Å². The highest BCUT2D eigenvalue weighted by Gasteiger charge is 2.18. The fraction of sp³-hybridized carbons (Fsp3) is 0.471. The van der Waals surface area contributed by atoms with Gasteiger partial charge >= 0.3 is 6.03 Å². The van der Waals surface area contributed by atoms with E-state index in [4.69, 9.17) is 4.52 Å². The molecule has 1 aromatic carbocycles. The number of hydrogen-bond donors (Lipinski definition) is 3. The summed E-state index contributed by atoms with van der Waals surface area (Å²) < 4.78 is 5.22. The molecule has 0 saturated carbocycles. The largest absolute Gasteiger partial charge is 0.391 e. The molecule has 0 fully saturated rings. The number of rotatable bonds is 7. The van der Waals surface area contributed by atoms with Crippen molar-refractivity contribution in [3.63, 3.8) is 0 Å². The zero-order valence-electron chi connectivity index (χ0n) is 14.2. The topological polar surface area (TPSA) is 100 Å². The first-order valence-electron chi connectivity index (χ1n) is 8.12. The van der Waals surface area contributed by atoms with Crippen LogP contribution >= 0.6 is 0 Å². The molecule has 0 spiro atoms. The van der Waals surface area contributed by atoms with E-state index < -0.39 is 12.1 Å². The molecule has 3 unspecified atom stereocenters. The van der Waals surface area contributed by atoms with E-state index >= 15 is 0 Å². The third-order valence-corrected chi connectivity index (χ3v) is 3.97. The lowest BCUT2D eigenvalue weighted by Gasteiger charge is -2.18. The van der Waals surface area contributed by atoms with Gasteiger partial charge in [-0.1, -0.05) is 43.6 Å². The molecular formula is C17H24N4O3. The maximum absolute atomic E-state index is 11.9. The molecule has 0 aliphatic rings. The molecule has 24 heavy (non-hydrogen) atoms. The number of amides is 2. The summed E-state index contributed by atoms with van der Waals surface area (Å²) in [7, 11) is 0. The number of aromatic nitrogens is 2. The fourth-order valence-electron chi connectivity index (χ4n) is 2.09. The first-order valence-corrected chi connectivity index (χ1v) is 8.12. The molecule has 0 radical (unpaired) electrons. The van der Waals surface area contributed by atoms with Gasteiger partial charge in [-0.05, 0) is 25.0 Å². The molecule has 0 aliphatic carbocycles. The van der Waals surface area contributed by atoms with Gasteiger partial charge in [0.05, 0.1) is 12.1 Å². The van der Waals surface area contributed by atoms with Crippen molar-refractivity contribution >= 4 is 6.03 Å². The van der Waals surface area contributed by atoms with Crippen molar-refractivity contribution in [1.29, 1.82) is 0 Å². The molecule has 1 aromatic heterocycles. The van der Waals surface area contributed by atoms with Crippen molar-refractivity contribution < 1.29 is 14.4 Å². The number of aliphatic hydroxyl groups is 1. The van der Waals surface area contributed by atoms with E-state index in [1.165, 1.54) is 0 Å². The maximum atomic E-state index is 11.9. The predicted octanol–water partition coefficient (Wildman–Crippen LogP) is 2.50. The molecule has 2 rings (SSSR count). The van der Waals surface area contributed by atoms with Gasteiger partial charge < -0.3 is 20.3 Å². The summed E-state index contributed by atoms with van der Waals surface area (Å²) in [5, 5.41) is 19.1. The van der Waals surface area contributed by atoms with Crippen LogP contribution in [-0.4, -0.2) is 33.9 Å². The Morgan fingerprint density at radius 1 is 1.29 bits per heavy atom. The quantitative estimate of drug-likeness (QED) is 0.723. The van der Waals surface area contributed by atoms with Gasteiger partial charge in [-0.25, -0.2) is 4.79 Å². The lowest BCUT2D eigenvalue weighted by atomic mass is 10.0. The Balaban J connectivity index is 1.87. The summed E-state index contributed by atoms with van der Waals surface area (Å²) in [6.07, 6.45) is 0.289. The molecule has 2 amide bonds. The minimum atomic E-state index is -0.564. The van der Waals surface area contributed by atoms with Gasteiger partial charge in [-0.15, -0.1) is 0 Å². The van der Waals surface area contributed by atoms with Gasteiger partial charge in [0.15, 0.2) is 5.82 Å². The van der Waals surface area contributed by atoms with Gasteiger partial charge in [0.1, 0.15) is 0 Å². The van der Waals surface area contributed by atoms with Crippen LogP contribution in [0, 0.1) is 5.92 Å². The van der Waals surface area contributed by atoms with E-state index in [1.54, 1.807) is 6.92 Å². The summed E-state index contributed by atoms with van der Waals surface area (Å²) in [5.74, 6) is 0.937. The van der Waals surface area contributed by atoms with Crippen LogP contribution < -0.4 is 10.6 Å². The molecule has 3 N–H and O–H groups in total. The monoisotopic (exact) mass is 332 g/mol. The second-order valence-corrected chi connectivity index (χ2v) is 5.85. The van der Waals surface area contributed by atoms with Gasteiger partial charge in [0.2, 0.25) is 0 Å². The number of hydrogen-bond acceptors (Lipinski definition) is 5. The zero-order chi connectivity index (χ0) is 17.5. The average Bonchev–Trinajstić information content (AvgIpc) is 3.10. The van der Waals surface area contributed by atoms with E-state index in [-0.39, 0.29) is 18.5 Å². The van der Waals surface area contributed by atoms with Crippen LogP contribution in [-0.2, 0) is 0 Å².